The molecule has 2 aromatic carbocycles. The molecule has 0 aliphatic rings. The molecule has 0 spiro atoms. The summed E-state index contributed by atoms with van der Waals surface area (Å²) in [6.07, 6.45) is 0.336. The van der Waals surface area contributed by atoms with Crippen molar-refractivity contribution in [1.82, 2.24) is 0 Å². The zero-order valence-corrected chi connectivity index (χ0v) is 10.9. The van der Waals surface area contributed by atoms with Gasteiger partial charge in [0.1, 0.15) is 11.6 Å². The van der Waals surface area contributed by atoms with Crippen LogP contribution in [0.1, 0.15) is 10.4 Å². The number of benzene rings is 2. The average Bonchev–Trinajstić information content (AvgIpc) is 2.47. The smallest absolute Gasteiger partial charge is 0.273 e. The molecule has 0 saturated heterocycles. The van der Waals surface area contributed by atoms with Crippen molar-refractivity contribution in [2.45, 2.75) is 0 Å². The number of halogens is 1. The number of nitro benzene ring substituents is 1. The van der Waals surface area contributed by atoms with Gasteiger partial charge >= 0.3 is 0 Å². The second kappa shape index (κ2) is 6.00. The van der Waals surface area contributed by atoms with Crippen LogP contribution >= 0.6 is 0 Å². The molecule has 6 nitrogen and oxygen atoms in total. The highest BCUT2D eigenvalue weighted by atomic mass is 19.1. The summed E-state index contributed by atoms with van der Waals surface area (Å²) in [6, 6.07) is 7.64. The van der Waals surface area contributed by atoms with Crippen LogP contribution in [-0.2, 0) is 0 Å². The van der Waals surface area contributed by atoms with Crippen molar-refractivity contribution in [2.75, 3.05) is 7.11 Å². The summed E-state index contributed by atoms with van der Waals surface area (Å²) in [4.78, 5) is 21.0. The van der Waals surface area contributed by atoms with Gasteiger partial charge in [0.2, 0.25) is 0 Å². The lowest BCUT2D eigenvalue weighted by Crippen LogP contribution is -1.97. The summed E-state index contributed by atoms with van der Waals surface area (Å²) in [6.45, 7) is 0. The van der Waals surface area contributed by atoms with Gasteiger partial charge in [0.25, 0.3) is 5.69 Å². The number of nitro groups is 1. The van der Waals surface area contributed by atoms with Gasteiger partial charge in [-0.1, -0.05) is 6.07 Å². The zero-order valence-electron chi connectivity index (χ0n) is 10.9. The van der Waals surface area contributed by atoms with Crippen LogP contribution in [0.15, 0.2) is 36.4 Å². The van der Waals surface area contributed by atoms with Gasteiger partial charge in [-0.2, -0.15) is 0 Å². The quantitative estimate of drug-likeness (QED) is 0.479. The number of aldehydes is 1. The Morgan fingerprint density at radius 1 is 1.19 bits per heavy atom. The summed E-state index contributed by atoms with van der Waals surface area (Å²) in [5.74, 6) is -0.484. The van der Waals surface area contributed by atoms with E-state index in [1.54, 1.807) is 0 Å². The highest BCUT2D eigenvalue weighted by molar-refractivity contribution is 5.80. The van der Waals surface area contributed by atoms with Crippen LogP contribution in [0.5, 0.6) is 17.2 Å². The summed E-state index contributed by atoms with van der Waals surface area (Å²) < 4.78 is 23.9. The van der Waals surface area contributed by atoms with Crippen LogP contribution in [0.2, 0.25) is 0 Å². The Morgan fingerprint density at radius 2 is 1.95 bits per heavy atom. The Kier molecular flexibility index (Phi) is 4.13. The molecule has 0 bridgehead atoms. The standard InChI is InChI=1S/C14H10FNO5/c1-20-14-7-9(16(18)19)5-6-13(14)21-12-4-2-3-11(15)10(12)8-17/h2-8H,1H3. The van der Waals surface area contributed by atoms with Crippen molar-refractivity contribution in [3.05, 3.63) is 57.9 Å². The average molecular weight is 291 g/mol. The molecule has 0 aromatic heterocycles. The topological polar surface area (TPSA) is 78.7 Å². The van der Waals surface area contributed by atoms with E-state index in [1.165, 1.54) is 37.4 Å². The van der Waals surface area contributed by atoms with Gasteiger partial charge in [-0.25, -0.2) is 4.39 Å². The van der Waals surface area contributed by atoms with Crippen LogP contribution in [0.4, 0.5) is 10.1 Å². The maximum absolute atomic E-state index is 13.5. The van der Waals surface area contributed by atoms with Crippen LogP contribution in [0.3, 0.4) is 0 Å². The van der Waals surface area contributed by atoms with E-state index >= 15 is 0 Å². The molecule has 2 rings (SSSR count). The number of rotatable bonds is 5. The van der Waals surface area contributed by atoms with Crippen LogP contribution < -0.4 is 9.47 Å². The Bertz CT molecular complexity index is 702. The largest absolute Gasteiger partial charge is 0.493 e. The monoisotopic (exact) mass is 291 g/mol. The van der Waals surface area contributed by atoms with Crippen molar-refractivity contribution < 1.29 is 23.6 Å². The predicted octanol–water partition coefficient (Wildman–Crippen LogP) is 3.35. The Labute approximate surface area is 118 Å². The molecule has 0 fully saturated rings. The molecule has 0 radical (unpaired) electrons. The maximum Gasteiger partial charge on any atom is 0.273 e. The van der Waals surface area contributed by atoms with E-state index in [2.05, 4.69) is 0 Å². The lowest BCUT2D eigenvalue weighted by molar-refractivity contribution is -0.384. The highest BCUT2D eigenvalue weighted by Crippen LogP contribution is 2.35. The predicted molar refractivity (Wildman–Crippen MR) is 71.5 cm³/mol. The molecule has 0 heterocycles. The normalized spacial score (nSPS) is 10.0. The molecule has 0 unspecified atom stereocenters. The molecular formula is C14H10FNO5. The minimum absolute atomic E-state index is 0.00264. The fourth-order valence-electron chi connectivity index (χ4n) is 1.69. The van der Waals surface area contributed by atoms with Gasteiger partial charge in [-0.15, -0.1) is 0 Å². The van der Waals surface area contributed by atoms with Crippen LogP contribution in [0.25, 0.3) is 0 Å². The van der Waals surface area contributed by atoms with E-state index in [0.29, 0.717) is 6.29 Å². The summed E-state index contributed by atoms with van der Waals surface area (Å²) >= 11 is 0. The van der Waals surface area contributed by atoms with E-state index in [-0.39, 0.29) is 28.5 Å². The zero-order chi connectivity index (χ0) is 15.4. The first-order valence-corrected chi connectivity index (χ1v) is 5.80. The third-order valence-electron chi connectivity index (χ3n) is 2.71. The van der Waals surface area contributed by atoms with E-state index in [0.717, 1.165) is 6.07 Å². The van der Waals surface area contributed by atoms with Crippen LogP contribution in [-0.4, -0.2) is 18.3 Å². The van der Waals surface area contributed by atoms with E-state index in [9.17, 15) is 19.3 Å². The minimum Gasteiger partial charge on any atom is -0.493 e. The highest BCUT2D eigenvalue weighted by Gasteiger charge is 2.15. The van der Waals surface area contributed by atoms with Gasteiger partial charge in [0, 0.05) is 6.07 Å². The fourth-order valence-corrected chi connectivity index (χ4v) is 1.69. The number of carbonyl (C=O) groups excluding carboxylic acids is 1. The number of hydrogen-bond acceptors (Lipinski definition) is 5. The lowest BCUT2D eigenvalue weighted by atomic mass is 10.2. The second-order valence-corrected chi connectivity index (χ2v) is 3.96. The third-order valence-corrected chi connectivity index (χ3v) is 2.71. The molecule has 108 valence electrons. The number of non-ortho nitro benzene ring substituents is 1. The van der Waals surface area contributed by atoms with Crippen molar-refractivity contribution in [3.8, 4) is 17.2 Å². The Hall–Kier alpha value is -2.96. The molecule has 0 saturated carbocycles. The summed E-state index contributed by atoms with van der Waals surface area (Å²) in [5.41, 5.74) is -0.410. The SMILES string of the molecule is COc1cc([N+](=O)[O-])ccc1Oc1cccc(F)c1C=O. The van der Waals surface area contributed by atoms with Crippen molar-refractivity contribution in [1.29, 1.82) is 0 Å². The van der Waals surface area contributed by atoms with Crippen molar-refractivity contribution in [3.63, 3.8) is 0 Å². The van der Waals surface area contributed by atoms with Gasteiger partial charge < -0.3 is 9.47 Å². The van der Waals surface area contributed by atoms with E-state index in [4.69, 9.17) is 9.47 Å². The van der Waals surface area contributed by atoms with Crippen LogP contribution in [0, 0.1) is 15.9 Å². The molecule has 0 aliphatic carbocycles. The molecular weight excluding hydrogens is 281 g/mol. The molecule has 7 heteroatoms. The summed E-state index contributed by atoms with van der Waals surface area (Å²) in [7, 11) is 1.32. The van der Waals surface area contributed by atoms with Gasteiger partial charge in [-0.05, 0) is 18.2 Å². The first kappa shape index (κ1) is 14.4. The van der Waals surface area contributed by atoms with Crippen molar-refractivity contribution >= 4 is 12.0 Å². The number of ether oxygens (including phenoxy) is 2. The Balaban J connectivity index is 2.42. The van der Waals surface area contributed by atoms with Gasteiger partial charge in [-0.3, -0.25) is 14.9 Å². The van der Waals surface area contributed by atoms with Gasteiger partial charge in [0.15, 0.2) is 17.8 Å². The minimum atomic E-state index is -0.719. The van der Waals surface area contributed by atoms with Gasteiger partial charge in [0.05, 0.1) is 23.7 Å². The molecule has 0 aliphatic heterocycles. The third kappa shape index (κ3) is 2.97. The number of carbonyl (C=O) groups is 1. The molecule has 0 N–H and O–H groups in total. The maximum atomic E-state index is 13.5. The molecule has 0 atom stereocenters. The number of nitrogens with zero attached hydrogens (tertiary/aromatic N) is 1. The van der Waals surface area contributed by atoms with E-state index < -0.39 is 10.7 Å². The molecule has 2 aromatic rings. The Morgan fingerprint density at radius 3 is 2.57 bits per heavy atom. The summed E-state index contributed by atoms with van der Waals surface area (Å²) in [5, 5.41) is 10.7. The first-order valence-electron chi connectivity index (χ1n) is 5.80. The van der Waals surface area contributed by atoms with Crippen molar-refractivity contribution in [2.24, 2.45) is 0 Å². The van der Waals surface area contributed by atoms with E-state index in [1.807, 2.05) is 0 Å². The second-order valence-electron chi connectivity index (χ2n) is 3.96. The number of hydrogen-bond donors (Lipinski definition) is 0. The number of methoxy groups -OCH3 is 1. The fraction of sp³-hybridized carbons (Fsp3) is 0.0714. The molecule has 21 heavy (non-hydrogen) atoms. The first-order chi connectivity index (χ1) is 10.1. The molecule has 0 amide bonds. The lowest BCUT2D eigenvalue weighted by Gasteiger charge is -2.11.